The van der Waals surface area contributed by atoms with E-state index in [0.29, 0.717) is 5.56 Å². The minimum absolute atomic E-state index is 0.0927. The lowest BCUT2D eigenvalue weighted by atomic mass is 9.66. The van der Waals surface area contributed by atoms with Gasteiger partial charge in [0, 0.05) is 19.6 Å². The summed E-state index contributed by atoms with van der Waals surface area (Å²) in [5.41, 5.74) is -1.33. The van der Waals surface area contributed by atoms with Crippen LogP contribution in [0.15, 0.2) is 10.6 Å². The molecule has 3 fully saturated rings. The van der Waals surface area contributed by atoms with Crippen molar-refractivity contribution in [2.45, 2.75) is 44.7 Å². The molecule has 5 atom stereocenters. The number of carbonyl (C=O) groups is 3. The molecule has 0 aliphatic carbocycles. The first-order valence-corrected chi connectivity index (χ1v) is 11.7. The molecule has 4 aliphatic rings. The zero-order valence-corrected chi connectivity index (χ0v) is 19.4. The summed E-state index contributed by atoms with van der Waals surface area (Å²) in [5.74, 6) is -2.18. The molecule has 6 rings (SSSR count). The number of halogens is 1. The van der Waals surface area contributed by atoms with Gasteiger partial charge in [-0.25, -0.2) is 9.18 Å². The van der Waals surface area contributed by atoms with E-state index >= 15 is 4.39 Å². The van der Waals surface area contributed by atoms with Crippen molar-refractivity contribution < 1.29 is 33.1 Å². The molecular weight excluding hydrogens is 475 g/mol. The van der Waals surface area contributed by atoms with Gasteiger partial charge in [0.2, 0.25) is 11.5 Å². The van der Waals surface area contributed by atoms with Crippen molar-refractivity contribution in [3.05, 3.63) is 23.1 Å². The second kappa shape index (κ2) is 7.62. The molecule has 3 N–H and O–H groups in total. The molecule has 0 saturated carbocycles. The van der Waals surface area contributed by atoms with Crippen LogP contribution in [0.2, 0.25) is 0 Å². The fraction of sp³-hybridized carbons (Fsp3) is 0.522. The zero-order valence-electron chi connectivity index (χ0n) is 19.4. The number of hydrogen-bond donors (Lipinski definition) is 3. The molecular formula is C23H23FN6O6. The van der Waals surface area contributed by atoms with E-state index in [2.05, 4.69) is 21.9 Å². The molecule has 2 aromatic rings. The normalized spacial score (nSPS) is 31.9. The van der Waals surface area contributed by atoms with Crippen LogP contribution in [-0.2, 0) is 16.0 Å². The number of anilines is 1. The minimum Gasteiger partial charge on any atom is -0.372 e. The molecule has 1 aromatic carbocycles. The van der Waals surface area contributed by atoms with Gasteiger partial charge in [-0.2, -0.15) is 5.26 Å². The number of amides is 4. The highest BCUT2D eigenvalue weighted by Gasteiger charge is 2.62. The van der Waals surface area contributed by atoms with Crippen LogP contribution in [0.3, 0.4) is 0 Å². The number of fused-ring (bicyclic) bond motifs is 5. The van der Waals surface area contributed by atoms with Crippen LogP contribution in [0.1, 0.15) is 29.9 Å². The van der Waals surface area contributed by atoms with Gasteiger partial charge >= 0.3 is 6.03 Å². The Morgan fingerprint density at radius 3 is 2.78 bits per heavy atom. The van der Waals surface area contributed by atoms with Gasteiger partial charge in [0.15, 0.2) is 11.5 Å². The monoisotopic (exact) mass is 498 g/mol. The lowest BCUT2D eigenvalue weighted by molar-refractivity contribution is -0.155. The van der Waals surface area contributed by atoms with E-state index in [-0.39, 0.29) is 60.4 Å². The number of likely N-dealkylation sites (tertiary alicyclic amines) is 1. The number of aliphatic hydroxyl groups is 1. The Hall–Kier alpha value is -3.76. The molecule has 12 nitrogen and oxygen atoms in total. The fourth-order valence-corrected chi connectivity index (χ4v) is 6.14. The highest BCUT2D eigenvalue weighted by atomic mass is 19.1. The Labute approximate surface area is 203 Å². The first-order chi connectivity index (χ1) is 17.1. The number of hydrogen-bond acceptors (Lipinski definition) is 9. The van der Waals surface area contributed by atoms with Crippen LogP contribution in [0.25, 0.3) is 11.0 Å². The van der Waals surface area contributed by atoms with Crippen LogP contribution in [-0.4, -0.2) is 77.1 Å². The van der Waals surface area contributed by atoms with Crippen LogP contribution in [0.4, 0.5) is 14.9 Å². The topological polar surface area (TPSA) is 161 Å². The molecule has 36 heavy (non-hydrogen) atoms. The number of rotatable bonds is 1. The Balaban J connectivity index is 1.51. The van der Waals surface area contributed by atoms with Crippen LogP contribution >= 0.6 is 0 Å². The number of aromatic nitrogens is 1. The quantitative estimate of drug-likeness (QED) is 0.500. The summed E-state index contributed by atoms with van der Waals surface area (Å²) in [6.07, 6.45) is -2.62. The van der Waals surface area contributed by atoms with Crippen LogP contribution in [0.5, 0.6) is 0 Å². The lowest BCUT2D eigenvalue weighted by Crippen LogP contribution is -2.76. The molecule has 13 heteroatoms. The number of benzene rings is 1. The average molecular weight is 498 g/mol. The smallest absolute Gasteiger partial charge is 0.323 e. The first-order valence-electron chi connectivity index (χ1n) is 11.7. The maximum atomic E-state index is 16.1. The molecule has 3 saturated heterocycles. The third-order valence-electron chi connectivity index (χ3n) is 7.70. The van der Waals surface area contributed by atoms with Gasteiger partial charge in [0.05, 0.1) is 41.3 Å². The van der Waals surface area contributed by atoms with E-state index in [1.54, 1.807) is 17.9 Å². The standard InChI is InChI=1S/C23H23FN6O6/c1-9-6-30-16-12(4-23(18(30)10(2)35-9)20(32)26-22(34)27-21(23)33)3-13-15(28-36-17(13)14(16)24)19(31)29-7-11(5-25)8-29/h3,9-11,18,20,32H,4,6-8H2,1-2H3,(H2,26,27,33,34). The summed E-state index contributed by atoms with van der Waals surface area (Å²) in [6.45, 7) is 4.26. The SMILES string of the molecule is CC1CN2c3c(cc4c(C(=O)N5CC(C#N)C5)noc4c3F)CC3(C(=O)NC(=O)NC3O)C2C(C)O1. The van der Waals surface area contributed by atoms with E-state index in [9.17, 15) is 19.5 Å². The number of nitriles is 1. The predicted octanol–water partition coefficient (Wildman–Crippen LogP) is 0.245. The third kappa shape index (κ3) is 2.91. The van der Waals surface area contributed by atoms with E-state index in [0.717, 1.165) is 0 Å². The number of nitrogens with zero attached hydrogens (tertiary/aromatic N) is 4. The predicted molar refractivity (Wildman–Crippen MR) is 119 cm³/mol. The van der Waals surface area contributed by atoms with Gasteiger partial charge in [-0.15, -0.1) is 0 Å². The maximum Gasteiger partial charge on any atom is 0.323 e. The third-order valence-corrected chi connectivity index (χ3v) is 7.70. The average Bonchev–Trinajstić information content (AvgIpc) is 3.20. The summed E-state index contributed by atoms with van der Waals surface area (Å²) in [4.78, 5) is 41.3. The molecule has 188 valence electrons. The number of urea groups is 1. The van der Waals surface area contributed by atoms with Gasteiger partial charge in [-0.3, -0.25) is 14.9 Å². The van der Waals surface area contributed by atoms with Crippen molar-refractivity contribution in [2.24, 2.45) is 11.3 Å². The summed E-state index contributed by atoms with van der Waals surface area (Å²) in [7, 11) is 0. The van der Waals surface area contributed by atoms with Crippen molar-refractivity contribution in [1.29, 1.82) is 5.26 Å². The molecule has 1 spiro atoms. The van der Waals surface area contributed by atoms with E-state index in [1.165, 1.54) is 4.90 Å². The molecule has 4 amide bonds. The Morgan fingerprint density at radius 1 is 1.33 bits per heavy atom. The van der Waals surface area contributed by atoms with Crippen molar-refractivity contribution in [3.8, 4) is 6.07 Å². The summed E-state index contributed by atoms with van der Waals surface area (Å²) in [6, 6.07) is 2.01. The Morgan fingerprint density at radius 2 is 2.08 bits per heavy atom. The van der Waals surface area contributed by atoms with Crippen molar-refractivity contribution >= 4 is 34.5 Å². The highest BCUT2D eigenvalue weighted by molar-refractivity contribution is 6.06. The maximum absolute atomic E-state index is 16.1. The van der Waals surface area contributed by atoms with Crippen molar-refractivity contribution in [2.75, 3.05) is 24.5 Å². The second-order valence-corrected chi connectivity index (χ2v) is 9.94. The van der Waals surface area contributed by atoms with E-state index in [4.69, 9.17) is 14.5 Å². The number of morpholine rings is 1. The largest absolute Gasteiger partial charge is 0.372 e. The number of carbonyl (C=O) groups excluding carboxylic acids is 3. The van der Waals surface area contributed by atoms with Crippen LogP contribution < -0.4 is 15.5 Å². The second-order valence-electron chi connectivity index (χ2n) is 9.94. The van der Waals surface area contributed by atoms with Crippen molar-refractivity contribution in [1.82, 2.24) is 20.7 Å². The minimum atomic E-state index is -1.58. The molecule has 4 aliphatic heterocycles. The van der Waals surface area contributed by atoms with E-state index in [1.807, 2.05) is 6.92 Å². The van der Waals surface area contributed by atoms with Gasteiger partial charge in [-0.05, 0) is 31.9 Å². The van der Waals surface area contributed by atoms with Crippen molar-refractivity contribution in [3.63, 3.8) is 0 Å². The molecule has 1 aromatic heterocycles. The lowest BCUT2D eigenvalue weighted by Gasteiger charge is -2.57. The van der Waals surface area contributed by atoms with Gasteiger partial charge in [-0.1, -0.05) is 5.16 Å². The van der Waals surface area contributed by atoms with Gasteiger partial charge in [0.1, 0.15) is 11.6 Å². The van der Waals surface area contributed by atoms with Crippen LogP contribution in [0, 0.1) is 28.5 Å². The molecule has 0 bridgehead atoms. The summed E-state index contributed by atoms with van der Waals surface area (Å²) in [5, 5.41) is 28.6. The van der Waals surface area contributed by atoms with E-state index < -0.39 is 47.5 Å². The fourth-order valence-electron chi connectivity index (χ4n) is 6.14. The summed E-state index contributed by atoms with van der Waals surface area (Å²) < 4.78 is 27.3. The summed E-state index contributed by atoms with van der Waals surface area (Å²) >= 11 is 0. The first kappa shape index (κ1) is 22.7. The number of ether oxygens (including phenoxy) is 1. The number of nitrogens with one attached hydrogen (secondary N) is 2. The molecule has 5 heterocycles. The molecule has 0 radical (unpaired) electrons. The van der Waals surface area contributed by atoms with Gasteiger partial charge in [0.25, 0.3) is 5.91 Å². The number of aliphatic hydroxyl groups excluding tert-OH is 1. The Bertz CT molecular complexity index is 1370. The van der Waals surface area contributed by atoms with Gasteiger partial charge < -0.3 is 29.5 Å². The highest BCUT2D eigenvalue weighted by Crippen LogP contribution is 2.50. The zero-order chi connectivity index (χ0) is 25.5. The molecule has 5 unspecified atom stereocenters. The number of imide groups is 1. The Kier molecular flexibility index (Phi) is 4.80.